The first-order valence-corrected chi connectivity index (χ1v) is 8.66. The Labute approximate surface area is 212 Å². The molecule has 0 aliphatic carbocycles. The standard InChI is InChI=1S/C13F29N/c14-2(15,5(20,21)8(26,27)11(32,33)34)1(43(41)42,3(16,17)6(22,23)9(28,29)12(35,36)37)4(18,19)7(24,25)10(30,31)13(38,39)40. The molecule has 0 aromatic carbocycles. The van der Waals surface area contributed by atoms with Crippen molar-refractivity contribution in [2.45, 2.75) is 77.4 Å². The Morgan fingerprint density at radius 3 is 0.442 bits per heavy atom. The van der Waals surface area contributed by atoms with Gasteiger partial charge in [-0.1, -0.05) is 0 Å². The molecule has 0 unspecified atom stereocenters. The van der Waals surface area contributed by atoms with Crippen LogP contribution in [0.3, 0.4) is 0 Å². The summed E-state index contributed by atoms with van der Waals surface area (Å²) in [6, 6.07) is 0. The number of hydrogen-bond donors (Lipinski definition) is 0. The summed E-state index contributed by atoms with van der Waals surface area (Å²) in [5, 5.41) is -6.06. The first kappa shape index (κ1) is 40.9. The topological polar surface area (TPSA) is 3.24 Å². The Bertz CT molecular complexity index is 881. The van der Waals surface area contributed by atoms with Crippen LogP contribution < -0.4 is 0 Å². The summed E-state index contributed by atoms with van der Waals surface area (Å²) in [5.41, 5.74) is -10.8. The van der Waals surface area contributed by atoms with Crippen LogP contribution in [0.15, 0.2) is 0 Å². The molecule has 260 valence electrons. The molecule has 0 N–H and O–H groups in total. The molecule has 0 amide bonds. The number of rotatable bonds is 10. The van der Waals surface area contributed by atoms with Crippen LogP contribution in [-0.4, -0.2) is 82.7 Å². The van der Waals surface area contributed by atoms with Crippen molar-refractivity contribution < 1.29 is 128 Å². The van der Waals surface area contributed by atoms with Crippen molar-refractivity contribution in [1.82, 2.24) is 5.34 Å². The third-order valence-corrected chi connectivity index (χ3v) is 5.05. The average molecular weight is 721 g/mol. The van der Waals surface area contributed by atoms with Crippen LogP contribution >= 0.6 is 0 Å². The summed E-state index contributed by atoms with van der Waals surface area (Å²) in [6.45, 7) is 0. The predicted molar refractivity (Wildman–Crippen MR) is 69.5 cm³/mol. The zero-order valence-electron chi connectivity index (χ0n) is 17.9. The van der Waals surface area contributed by atoms with Crippen LogP contribution in [0.1, 0.15) is 0 Å². The quantitative estimate of drug-likeness (QED) is 0.161. The Balaban J connectivity index is 9.01. The molecular formula is C13F29N. The lowest BCUT2D eigenvalue weighted by Gasteiger charge is -2.54. The largest absolute Gasteiger partial charge is 0.460 e. The number of nitrogens with zero attached hydrogens (tertiary/aromatic N) is 1. The smallest absolute Gasteiger partial charge is 0.197 e. The average Bonchev–Trinajstić information content (AvgIpc) is 2.69. The molecule has 1 nitrogen and oxygen atoms in total. The zero-order valence-corrected chi connectivity index (χ0v) is 17.9. The molecular weight excluding hydrogens is 721 g/mol. The summed E-state index contributed by atoms with van der Waals surface area (Å²) < 4.78 is 383. The molecule has 0 aliphatic heterocycles. The van der Waals surface area contributed by atoms with Crippen molar-refractivity contribution in [1.29, 1.82) is 0 Å². The molecule has 0 aromatic heterocycles. The Morgan fingerprint density at radius 1 is 0.209 bits per heavy atom. The molecule has 0 spiro atoms. The maximum absolute atomic E-state index is 14.3. The molecule has 0 saturated heterocycles. The van der Waals surface area contributed by atoms with E-state index in [1.807, 2.05) is 0 Å². The number of alkyl halides is 27. The van der Waals surface area contributed by atoms with Crippen molar-refractivity contribution in [3.8, 4) is 0 Å². The Hall–Kier alpha value is -2.07. The molecule has 0 aromatic rings. The van der Waals surface area contributed by atoms with Gasteiger partial charge in [-0.2, -0.15) is 119 Å². The van der Waals surface area contributed by atoms with Gasteiger partial charge in [0.15, 0.2) is 0 Å². The van der Waals surface area contributed by atoms with E-state index >= 15 is 0 Å². The summed E-state index contributed by atoms with van der Waals surface area (Å²) in [4.78, 5) is 0. The minimum atomic E-state index is -10.8. The molecule has 43 heavy (non-hydrogen) atoms. The fourth-order valence-corrected chi connectivity index (χ4v) is 2.72. The monoisotopic (exact) mass is 721 g/mol. The van der Waals surface area contributed by atoms with E-state index < -0.39 is 82.7 Å². The highest BCUT2D eigenvalue weighted by molar-refractivity contribution is 5.30. The van der Waals surface area contributed by atoms with E-state index in [0.29, 0.717) is 0 Å². The van der Waals surface area contributed by atoms with Crippen molar-refractivity contribution in [3.63, 3.8) is 0 Å². The first-order valence-electron chi connectivity index (χ1n) is 8.66. The van der Waals surface area contributed by atoms with Crippen LogP contribution in [0.25, 0.3) is 0 Å². The summed E-state index contributed by atoms with van der Waals surface area (Å²) in [6.07, 6.45) is -26.1. The molecule has 0 bridgehead atoms. The zero-order chi connectivity index (χ0) is 36.1. The van der Waals surface area contributed by atoms with E-state index in [1.54, 1.807) is 0 Å². The van der Waals surface area contributed by atoms with Crippen molar-refractivity contribution in [2.24, 2.45) is 0 Å². The maximum Gasteiger partial charge on any atom is 0.460 e. The SMILES string of the molecule is FN(F)C(C(F)(F)C(F)(F)C(F)(F)C(F)(F)F)(C(F)(F)C(F)(F)C(F)(F)C(F)(F)F)C(F)(F)C(F)(F)C(F)(F)C(F)(F)F. The van der Waals surface area contributed by atoms with Gasteiger partial charge in [0.1, 0.15) is 0 Å². The van der Waals surface area contributed by atoms with E-state index in [2.05, 4.69) is 0 Å². The van der Waals surface area contributed by atoms with Crippen LogP contribution in [0.4, 0.5) is 128 Å². The van der Waals surface area contributed by atoms with Crippen LogP contribution in [0, 0.1) is 0 Å². The third kappa shape index (κ3) is 4.59. The summed E-state index contributed by atoms with van der Waals surface area (Å²) >= 11 is 0. The van der Waals surface area contributed by atoms with Gasteiger partial charge in [0, 0.05) is 5.34 Å². The molecule has 0 aliphatic rings. The van der Waals surface area contributed by atoms with Gasteiger partial charge in [0.2, 0.25) is 0 Å². The van der Waals surface area contributed by atoms with Crippen LogP contribution in [0.5, 0.6) is 0 Å². The molecule has 0 saturated carbocycles. The van der Waals surface area contributed by atoms with E-state index in [4.69, 9.17) is 0 Å². The fourth-order valence-electron chi connectivity index (χ4n) is 2.72. The van der Waals surface area contributed by atoms with Crippen molar-refractivity contribution in [2.75, 3.05) is 0 Å². The maximum atomic E-state index is 14.3. The van der Waals surface area contributed by atoms with Crippen molar-refractivity contribution >= 4 is 0 Å². The highest BCUT2D eigenvalue weighted by atomic mass is 19.5. The normalized spacial score (nSPS) is 17.2. The highest BCUT2D eigenvalue weighted by Gasteiger charge is 3.05. The second kappa shape index (κ2) is 9.71. The third-order valence-electron chi connectivity index (χ3n) is 5.05. The minimum Gasteiger partial charge on any atom is -0.197 e. The second-order valence-electron chi connectivity index (χ2n) is 7.61. The molecule has 0 fully saturated rings. The summed E-state index contributed by atoms with van der Waals surface area (Å²) in [7, 11) is 0. The number of halogens is 29. The predicted octanol–water partition coefficient (Wildman–Crippen LogP) is 9.20. The molecule has 30 heteroatoms. The van der Waals surface area contributed by atoms with Crippen LogP contribution in [0.2, 0.25) is 0 Å². The molecule has 0 heterocycles. The second-order valence-corrected chi connectivity index (χ2v) is 7.61. The van der Waals surface area contributed by atoms with Gasteiger partial charge in [-0.05, 0) is 0 Å². The van der Waals surface area contributed by atoms with Gasteiger partial charge in [-0.25, -0.2) is 0 Å². The fraction of sp³-hybridized carbons (Fsp3) is 1.00. The van der Waals surface area contributed by atoms with Gasteiger partial charge in [0.25, 0.3) is 5.54 Å². The van der Waals surface area contributed by atoms with Gasteiger partial charge in [-0.3, -0.25) is 0 Å². The van der Waals surface area contributed by atoms with Gasteiger partial charge >= 0.3 is 71.8 Å². The van der Waals surface area contributed by atoms with Gasteiger partial charge < -0.3 is 0 Å². The number of hydrogen-bond acceptors (Lipinski definition) is 1. The van der Waals surface area contributed by atoms with Gasteiger partial charge in [-0.15, -0.1) is 8.96 Å². The first-order chi connectivity index (χ1) is 17.9. The Kier molecular flexibility index (Phi) is 9.25. The Morgan fingerprint density at radius 2 is 0.349 bits per heavy atom. The minimum absolute atomic E-state index is 6.06. The lowest BCUT2D eigenvalue weighted by atomic mass is 9.69. The van der Waals surface area contributed by atoms with Gasteiger partial charge in [0.05, 0.1) is 0 Å². The lowest BCUT2D eigenvalue weighted by molar-refractivity contribution is -0.526. The van der Waals surface area contributed by atoms with E-state index in [0.717, 1.165) is 0 Å². The van der Waals surface area contributed by atoms with E-state index in [1.165, 1.54) is 0 Å². The lowest BCUT2D eigenvalue weighted by Crippen LogP contribution is -2.89. The molecule has 0 atom stereocenters. The van der Waals surface area contributed by atoms with Crippen molar-refractivity contribution in [3.05, 3.63) is 0 Å². The molecule has 0 rings (SSSR count). The highest BCUT2D eigenvalue weighted by Crippen LogP contribution is 2.72. The van der Waals surface area contributed by atoms with Crippen LogP contribution in [-0.2, 0) is 0 Å². The van der Waals surface area contributed by atoms with E-state index in [9.17, 15) is 128 Å². The summed E-state index contributed by atoms with van der Waals surface area (Å²) in [5.74, 6) is -89.7. The molecule has 0 radical (unpaired) electrons. The van der Waals surface area contributed by atoms with E-state index in [-0.39, 0.29) is 0 Å².